The van der Waals surface area contributed by atoms with Crippen LogP contribution >= 0.6 is 11.3 Å². The summed E-state index contributed by atoms with van der Waals surface area (Å²) in [5, 5.41) is 2.13. The summed E-state index contributed by atoms with van der Waals surface area (Å²) in [6.07, 6.45) is 9.92. The lowest BCUT2D eigenvalue weighted by Gasteiger charge is -2.07. The van der Waals surface area contributed by atoms with Crippen molar-refractivity contribution in [2.45, 2.75) is 39.5 Å². The molecule has 1 unspecified atom stereocenters. The third-order valence-corrected chi connectivity index (χ3v) is 3.37. The molecule has 0 spiro atoms. The smallest absolute Gasteiger partial charge is 0.0267 e. The molecule has 0 bridgehead atoms. The Balaban J connectivity index is 2.39. The number of unbranched alkanes of at least 4 members (excludes halogenated alkanes) is 1. The maximum absolute atomic E-state index is 2.38. The van der Waals surface area contributed by atoms with E-state index in [4.69, 9.17) is 0 Å². The van der Waals surface area contributed by atoms with Gasteiger partial charge in [0.1, 0.15) is 0 Å². The Hall–Kier alpha value is -0.560. The van der Waals surface area contributed by atoms with Crippen molar-refractivity contribution in [3.63, 3.8) is 0 Å². The lowest BCUT2D eigenvalue weighted by Crippen LogP contribution is -1.93. The standard InChI is InChI=1S/C13H20S/c1-3-5-7-12(4-2)9-10-13-8-6-11-14-13/h6,8-12H,3-5,7H2,1-2H3/b10-9+. The van der Waals surface area contributed by atoms with Gasteiger partial charge in [0.2, 0.25) is 0 Å². The van der Waals surface area contributed by atoms with E-state index in [2.05, 4.69) is 43.5 Å². The summed E-state index contributed by atoms with van der Waals surface area (Å²) in [6, 6.07) is 4.28. The van der Waals surface area contributed by atoms with Gasteiger partial charge in [0.05, 0.1) is 0 Å². The average molecular weight is 208 g/mol. The van der Waals surface area contributed by atoms with E-state index in [1.807, 2.05) is 11.3 Å². The fourth-order valence-electron chi connectivity index (χ4n) is 1.52. The largest absolute Gasteiger partial charge is 0.144 e. The van der Waals surface area contributed by atoms with Crippen molar-refractivity contribution in [1.82, 2.24) is 0 Å². The van der Waals surface area contributed by atoms with Gasteiger partial charge in [0.15, 0.2) is 0 Å². The monoisotopic (exact) mass is 208 g/mol. The molecule has 0 aliphatic heterocycles. The third kappa shape index (κ3) is 4.10. The van der Waals surface area contributed by atoms with E-state index in [0.717, 1.165) is 5.92 Å². The molecule has 1 aromatic rings. The Morgan fingerprint density at radius 1 is 1.43 bits per heavy atom. The first-order chi connectivity index (χ1) is 6.86. The molecule has 14 heavy (non-hydrogen) atoms. The van der Waals surface area contributed by atoms with Crippen molar-refractivity contribution in [3.8, 4) is 0 Å². The molecule has 1 rings (SSSR count). The van der Waals surface area contributed by atoms with Gasteiger partial charge in [-0.3, -0.25) is 0 Å². The summed E-state index contributed by atoms with van der Waals surface area (Å²) in [7, 11) is 0. The molecule has 0 nitrogen and oxygen atoms in total. The highest BCUT2D eigenvalue weighted by Crippen LogP contribution is 2.17. The molecule has 0 aliphatic carbocycles. The third-order valence-electron chi connectivity index (χ3n) is 2.53. The second kappa shape index (κ2) is 6.83. The molecular formula is C13H20S. The number of hydrogen-bond acceptors (Lipinski definition) is 1. The Kier molecular flexibility index (Phi) is 5.62. The normalized spacial score (nSPS) is 13.6. The van der Waals surface area contributed by atoms with Gasteiger partial charge in [-0.1, -0.05) is 38.8 Å². The van der Waals surface area contributed by atoms with Gasteiger partial charge in [-0.25, -0.2) is 0 Å². The molecule has 0 aromatic carbocycles. The zero-order chi connectivity index (χ0) is 10.2. The number of rotatable bonds is 6. The molecule has 0 radical (unpaired) electrons. The first kappa shape index (κ1) is 11.5. The predicted molar refractivity (Wildman–Crippen MR) is 66.7 cm³/mol. The van der Waals surface area contributed by atoms with E-state index in [0.29, 0.717) is 0 Å². The van der Waals surface area contributed by atoms with E-state index in [9.17, 15) is 0 Å². The maximum Gasteiger partial charge on any atom is 0.0267 e. The zero-order valence-electron chi connectivity index (χ0n) is 9.20. The number of hydrogen-bond donors (Lipinski definition) is 0. The van der Waals surface area contributed by atoms with Crippen LogP contribution in [0.4, 0.5) is 0 Å². The highest BCUT2D eigenvalue weighted by Gasteiger charge is 2.00. The van der Waals surface area contributed by atoms with Crippen LogP contribution in [0.1, 0.15) is 44.4 Å². The highest BCUT2D eigenvalue weighted by atomic mass is 32.1. The Morgan fingerprint density at radius 3 is 2.86 bits per heavy atom. The van der Waals surface area contributed by atoms with Crippen LogP contribution in [0.5, 0.6) is 0 Å². The van der Waals surface area contributed by atoms with E-state index >= 15 is 0 Å². The summed E-state index contributed by atoms with van der Waals surface area (Å²) >= 11 is 1.81. The molecular weight excluding hydrogens is 188 g/mol. The van der Waals surface area contributed by atoms with Gasteiger partial charge >= 0.3 is 0 Å². The Morgan fingerprint density at radius 2 is 2.29 bits per heavy atom. The molecule has 1 atom stereocenters. The molecule has 0 amide bonds. The molecule has 0 N–H and O–H groups in total. The van der Waals surface area contributed by atoms with Crippen LogP contribution in [0.3, 0.4) is 0 Å². The van der Waals surface area contributed by atoms with Gasteiger partial charge in [-0.15, -0.1) is 11.3 Å². The van der Waals surface area contributed by atoms with Gasteiger partial charge in [-0.2, -0.15) is 0 Å². The second-order valence-corrected chi connectivity index (χ2v) is 4.66. The van der Waals surface area contributed by atoms with E-state index in [1.165, 1.54) is 30.6 Å². The summed E-state index contributed by atoms with van der Waals surface area (Å²) in [4.78, 5) is 1.37. The quantitative estimate of drug-likeness (QED) is 0.618. The molecule has 0 saturated carbocycles. The fourth-order valence-corrected chi connectivity index (χ4v) is 2.15. The van der Waals surface area contributed by atoms with Crippen LogP contribution in [-0.4, -0.2) is 0 Å². The minimum Gasteiger partial charge on any atom is -0.144 e. The fraction of sp³-hybridized carbons (Fsp3) is 0.538. The Labute approximate surface area is 91.7 Å². The van der Waals surface area contributed by atoms with Gasteiger partial charge in [0.25, 0.3) is 0 Å². The minimum atomic E-state index is 0.775. The molecule has 0 fully saturated rings. The summed E-state index contributed by atoms with van der Waals surface area (Å²) in [5.74, 6) is 0.775. The predicted octanol–water partition coefficient (Wildman–Crippen LogP) is 4.98. The van der Waals surface area contributed by atoms with Crippen molar-refractivity contribution in [2.24, 2.45) is 5.92 Å². The maximum atomic E-state index is 2.38. The molecule has 1 aromatic heterocycles. The zero-order valence-corrected chi connectivity index (χ0v) is 10.0. The first-order valence-electron chi connectivity index (χ1n) is 5.58. The minimum absolute atomic E-state index is 0.775. The lowest BCUT2D eigenvalue weighted by atomic mass is 9.99. The van der Waals surface area contributed by atoms with Crippen LogP contribution in [0.25, 0.3) is 6.08 Å². The number of allylic oxidation sites excluding steroid dienone is 1. The van der Waals surface area contributed by atoms with Crippen LogP contribution in [-0.2, 0) is 0 Å². The molecule has 78 valence electrons. The van der Waals surface area contributed by atoms with E-state index in [1.54, 1.807) is 0 Å². The van der Waals surface area contributed by atoms with Crippen LogP contribution < -0.4 is 0 Å². The van der Waals surface area contributed by atoms with Crippen molar-refractivity contribution in [3.05, 3.63) is 28.5 Å². The van der Waals surface area contributed by atoms with Crippen LogP contribution in [0, 0.1) is 5.92 Å². The molecule has 0 aliphatic rings. The van der Waals surface area contributed by atoms with Crippen molar-refractivity contribution in [2.75, 3.05) is 0 Å². The summed E-state index contributed by atoms with van der Waals surface area (Å²) < 4.78 is 0. The highest BCUT2D eigenvalue weighted by molar-refractivity contribution is 7.10. The van der Waals surface area contributed by atoms with Gasteiger partial charge < -0.3 is 0 Å². The van der Waals surface area contributed by atoms with Crippen molar-refractivity contribution >= 4 is 17.4 Å². The van der Waals surface area contributed by atoms with Crippen LogP contribution in [0.15, 0.2) is 23.6 Å². The summed E-state index contributed by atoms with van der Waals surface area (Å²) in [5.41, 5.74) is 0. The van der Waals surface area contributed by atoms with Gasteiger partial charge in [-0.05, 0) is 36.3 Å². The van der Waals surface area contributed by atoms with Crippen molar-refractivity contribution < 1.29 is 0 Å². The van der Waals surface area contributed by atoms with Crippen molar-refractivity contribution in [1.29, 1.82) is 0 Å². The van der Waals surface area contributed by atoms with Crippen LogP contribution in [0.2, 0.25) is 0 Å². The first-order valence-corrected chi connectivity index (χ1v) is 6.46. The lowest BCUT2D eigenvalue weighted by molar-refractivity contribution is 0.542. The second-order valence-electron chi connectivity index (χ2n) is 3.69. The molecule has 1 heterocycles. The van der Waals surface area contributed by atoms with E-state index in [-0.39, 0.29) is 0 Å². The topological polar surface area (TPSA) is 0 Å². The Bertz CT molecular complexity index is 246. The SMILES string of the molecule is CCCCC(/C=C/c1cccs1)CC. The molecule has 0 saturated heterocycles. The summed E-state index contributed by atoms with van der Waals surface area (Å²) in [6.45, 7) is 4.54. The van der Waals surface area contributed by atoms with Gasteiger partial charge in [0, 0.05) is 4.88 Å². The number of thiophene rings is 1. The average Bonchev–Trinajstić information content (AvgIpc) is 2.71. The van der Waals surface area contributed by atoms with E-state index < -0.39 is 0 Å². The molecule has 1 heteroatoms.